The van der Waals surface area contributed by atoms with Crippen molar-refractivity contribution in [2.75, 3.05) is 18.8 Å². The van der Waals surface area contributed by atoms with Gasteiger partial charge >= 0.3 is 12.3 Å². The normalized spacial score (nSPS) is 17.1. The molecule has 1 fully saturated rings. The van der Waals surface area contributed by atoms with Crippen molar-refractivity contribution in [2.24, 2.45) is 5.92 Å². The summed E-state index contributed by atoms with van der Waals surface area (Å²) in [6.45, 7) is 2.05. The van der Waals surface area contributed by atoms with Gasteiger partial charge in [-0.1, -0.05) is 12.1 Å². The van der Waals surface area contributed by atoms with Crippen LogP contribution in [0.3, 0.4) is 0 Å². The number of esters is 1. The molecule has 6 nitrogen and oxygen atoms in total. The van der Waals surface area contributed by atoms with Gasteiger partial charge in [0.1, 0.15) is 12.4 Å². The number of sulfonamides is 1. The molecular formula is C16H20F3NO5S. The molecule has 2 rings (SSSR count). The maximum absolute atomic E-state index is 12.1. The molecule has 0 unspecified atom stereocenters. The van der Waals surface area contributed by atoms with Gasteiger partial charge in [0.15, 0.2) is 0 Å². The summed E-state index contributed by atoms with van der Waals surface area (Å²) in [5.74, 6) is -1.15. The molecule has 0 bridgehead atoms. The van der Waals surface area contributed by atoms with Crippen LogP contribution in [-0.4, -0.2) is 43.9 Å². The highest BCUT2D eigenvalue weighted by molar-refractivity contribution is 7.89. The number of nitrogens with zero attached hydrogens (tertiary/aromatic N) is 1. The van der Waals surface area contributed by atoms with E-state index in [0.29, 0.717) is 18.4 Å². The molecule has 0 aromatic heterocycles. The lowest BCUT2D eigenvalue weighted by atomic mass is 9.98. The fourth-order valence-electron chi connectivity index (χ4n) is 2.61. The highest BCUT2D eigenvalue weighted by Crippen LogP contribution is 2.24. The Morgan fingerprint density at radius 1 is 1.19 bits per heavy atom. The van der Waals surface area contributed by atoms with E-state index >= 15 is 0 Å². The second-order valence-electron chi connectivity index (χ2n) is 5.87. The van der Waals surface area contributed by atoms with E-state index in [9.17, 15) is 26.4 Å². The Morgan fingerprint density at radius 3 is 2.27 bits per heavy atom. The van der Waals surface area contributed by atoms with Crippen LogP contribution in [0, 0.1) is 5.92 Å². The molecule has 26 heavy (non-hydrogen) atoms. The zero-order chi connectivity index (χ0) is 19.4. The third-order valence-electron chi connectivity index (χ3n) is 4.08. The first-order chi connectivity index (χ1) is 12.1. The molecule has 146 valence electrons. The number of halogens is 3. The summed E-state index contributed by atoms with van der Waals surface area (Å²) in [6.07, 6.45) is -3.99. The van der Waals surface area contributed by atoms with Crippen molar-refractivity contribution in [3.63, 3.8) is 0 Å². The molecule has 0 spiro atoms. The molecule has 0 saturated carbocycles. The van der Waals surface area contributed by atoms with Crippen LogP contribution >= 0.6 is 0 Å². The third-order valence-corrected chi connectivity index (χ3v) is 5.97. The van der Waals surface area contributed by atoms with Crippen LogP contribution < -0.4 is 4.74 Å². The fraction of sp³-hybridized carbons (Fsp3) is 0.562. The monoisotopic (exact) mass is 395 g/mol. The molecule has 0 amide bonds. The van der Waals surface area contributed by atoms with Gasteiger partial charge in [0.05, 0.1) is 11.7 Å². The van der Waals surface area contributed by atoms with Gasteiger partial charge in [-0.15, -0.1) is 13.2 Å². The summed E-state index contributed by atoms with van der Waals surface area (Å²) < 4.78 is 70.2. The van der Waals surface area contributed by atoms with E-state index in [0.717, 1.165) is 12.1 Å². The highest BCUT2D eigenvalue weighted by atomic mass is 32.2. The third kappa shape index (κ3) is 5.87. The largest absolute Gasteiger partial charge is 0.573 e. The quantitative estimate of drug-likeness (QED) is 0.693. The molecule has 0 atom stereocenters. The Balaban J connectivity index is 1.80. The minimum absolute atomic E-state index is 0.0240. The first kappa shape index (κ1) is 20.5. The Labute approximate surface area is 149 Å². The predicted molar refractivity (Wildman–Crippen MR) is 86.7 cm³/mol. The number of ether oxygens (including phenoxy) is 2. The second kappa shape index (κ2) is 8.26. The highest BCUT2D eigenvalue weighted by Gasteiger charge is 2.32. The summed E-state index contributed by atoms with van der Waals surface area (Å²) >= 11 is 0. The Kier molecular flexibility index (Phi) is 6.51. The summed E-state index contributed by atoms with van der Waals surface area (Å²) in [7, 11) is -3.25. The number of hydrogen-bond donors (Lipinski definition) is 0. The van der Waals surface area contributed by atoms with Crippen molar-refractivity contribution in [1.82, 2.24) is 4.31 Å². The summed E-state index contributed by atoms with van der Waals surface area (Å²) in [5.41, 5.74) is 0.527. The summed E-state index contributed by atoms with van der Waals surface area (Å²) in [6, 6.07) is 5.05. The van der Waals surface area contributed by atoms with Crippen LogP contribution in [0.2, 0.25) is 0 Å². The summed E-state index contributed by atoms with van der Waals surface area (Å²) in [5, 5.41) is 0. The van der Waals surface area contributed by atoms with Crippen molar-refractivity contribution in [3.05, 3.63) is 29.8 Å². The summed E-state index contributed by atoms with van der Waals surface area (Å²) in [4.78, 5) is 12.1. The van der Waals surface area contributed by atoms with Crippen molar-refractivity contribution >= 4 is 16.0 Å². The zero-order valence-corrected chi connectivity index (χ0v) is 15.0. The lowest BCUT2D eigenvalue weighted by molar-refractivity contribution is -0.274. The fourth-order valence-corrected chi connectivity index (χ4v) is 3.74. The SMILES string of the molecule is CCS(=O)(=O)N1CCC(C(=O)OCc2ccc(OC(F)(F)F)cc2)CC1. The first-order valence-corrected chi connectivity index (χ1v) is 9.71. The topological polar surface area (TPSA) is 72.9 Å². The molecule has 1 aromatic carbocycles. The molecule has 0 aliphatic carbocycles. The van der Waals surface area contributed by atoms with Gasteiger partial charge in [-0.05, 0) is 37.5 Å². The van der Waals surface area contributed by atoms with E-state index in [1.54, 1.807) is 6.92 Å². The minimum Gasteiger partial charge on any atom is -0.461 e. The van der Waals surface area contributed by atoms with E-state index in [4.69, 9.17) is 4.74 Å². The molecule has 10 heteroatoms. The van der Waals surface area contributed by atoms with Gasteiger partial charge in [0.2, 0.25) is 10.0 Å². The number of carbonyl (C=O) groups excluding carboxylic acids is 1. The van der Waals surface area contributed by atoms with Gasteiger partial charge < -0.3 is 9.47 Å². The lowest BCUT2D eigenvalue weighted by Gasteiger charge is -2.29. The average molecular weight is 395 g/mol. The molecular weight excluding hydrogens is 375 g/mol. The number of piperidine rings is 1. The maximum atomic E-state index is 12.1. The Bertz CT molecular complexity index is 710. The smallest absolute Gasteiger partial charge is 0.461 e. The molecule has 0 N–H and O–H groups in total. The predicted octanol–water partition coefficient (Wildman–Crippen LogP) is 2.69. The Morgan fingerprint density at radius 2 is 1.77 bits per heavy atom. The maximum Gasteiger partial charge on any atom is 0.573 e. The van der Waals surface area contributed by atoms with Crippen LogP contribution in [0.25, 0.3) is 0 Å². The van der Waals surface area contributed by atoms with Gasteiger partial charge in [0, 0.05) is 13.1 Å². The minimum atomic E-state index is -4.76. The molecule has 1 saturated heterocycles. The molecule has 1 aliphatic rings. The molecule has 1 heterocycles. The standard InChI is InChI=1S/C16H20F3NO5S/c1-2-26(22,23)20-9-7-13(8-10-20)15(21)24-11-12-3-5-14(6-4-12)25-16(17,18)19/h3-6,13H,2,7-11H2,1H3. The molecule has 1 aliphatic heterocycles. The zero-order valence-electron chi connectivity index (χ0n) is 14.2. The van der Waals surface area contributed by atoms with Crippen molar-refractivity contribution in [2.45, 2.75) is 32.7 Å². The first-order valence-electron chi connectivity index (χ1n) is 8.10. The number of alkyl halides is 3. The van der Waals surface area contributed by atoms with Gasteiger partial charge in [-0.2, -0.15) is 0 Å². The van der Waals surface area contributed by atoms with Crippen molar-refractivity contribution < 1.29 is 35.9 Å². The lowest BCUT2D eigenvalue weighted by Crippen LogP contribution is -2.41. The van der Waals surface area contributed by atoms with Crippen molar-refractivity contribution in [1.29, 1.82) is 0 Å². The number of benzene rings is 1. The van der Waals surface area contributed by atoms with Gasteiger partial charge in [-0.3, -0.25) is 4.79 Å². The second-order valence-corrected chi connectivity index (χ2v) is 8.13. The van der Waals surface area contributed by atoms with Crippen LogP contribution in [0.15, 0.2) is 24.3 Å². The van der Waals surface area contributed by atoms with E-state index in [1.165, 1.54) is 16.4 Å². The van der Waals surface area contributed by atoms with E-state index < -0.39 is 22.4 Å². The van der Waals surface area contributed by atoms with Crippen LogP contribution in [0.5, 0.6) is 5.75 Å². The van der Waals surface area contributed by atoms with Gasteiger partial charge in [-0.25, -0.2) is 12.7 Å². The van der Waals surface area contributed by atoms with E-state index in [-0.39, 0.29) is 37.1 Å². The van der Waals surface area contributed by atoms with Crippen LogP contribution in [0.1, 0.15) is 25.3 Å². The van der Waals surface area contributed by atoms with Crippen molar-refractivity contribution in [3.8, 4) is 5.75 Å². The number of rotatable bonds is 6. The average Bonchev–Trinajstić information content (AvgIpc) is 2.59. The number of carbonyl (C=O) groups is 1. The van der Waals surface area contributed by atoms with Crippen LogP contribution in [-0.2, 0) is 26.2 Å². The molecule has 1 aromatic rings. The van der Waals surface area contributed by atoms with Crippen LogP contribution in [0.4, 0.5) is 13.2 Å². The van der Waals surface area contributed by atoms with E-state index in [2.05, 4.69) is 4.74 Å². The Hall–Kier alpha value is -1.81. The van der Waals surface area contributed by atoms with Gasteiger partial charge in [0.25, 0.3) is 0 Å². The number of hydrogen-bond acceptors (Lipinski definition) is 5. The van der Waals surface area contributed by atoms with E-state index in [1.807, 2.05) is 0 Å². The molecule has 0 radical (unpaired) electrons.